The number of phenols is 1. The van der Waals surface area contributed by atoms with Gasteiger partial charge in [0.1, 0.15) is 11.3 Å². The Balaban J connectivity index is 2.40. The third kappa shape index (κ3) is 3.06. The number of hydrogen-bond donors (Lipinski definition) is 1. The average Bonchev–Trinajstić information content (AvgIpc) is 2.40. The molecule has 0 bridgehead atoms. The Morgan fingerprint density at radius 2 is 1.79 bits per heavy atom. The fourth-order valence-corrected chi connectivity index (χ4v) is 1.86. The van der Waals surface area contributed by atoms with Crippen LogP contribution in [-0.2, 0) is 4.74 Å². The average molecular weight is 277 g/mol. The van der Waals surface area contributed by atoms with Crippen molar-refractivity contribution >= 4 is 17.6 Å². The Bertz CT molecular complexity index is 591. The van der Waals surface area contributed by atoms with Crippen LogP contribution in [0.2, 0.25) is 5.02 Å². The molecule has 2 aromatic carbocycles. The second kappa shape index (κ2) is 5.76. The maximum atomic E-state index is 11.7. The molecule has 2 aromatic rings. The first kappa shape index (κ1) is 13.4. The normalized spacial score (nSPS) is 10.2. The van der Waals surface area contributed by atoms with Crippen LogP contribution in [0.4, 0.5) is 0 Å². The van der Waals surface area contributed by atoms with Crippen LogP contribution < -0.4 is 0 Å². The Morgan fingerprint density at radius 1 is 1.16 bits per heavy atom. The van der Waals surface area contributed by atoms with E-state index in [0.29, 0.717) is 5.02 Å². The molecule has 0 aliphatic carbocycles. The fourth-order valence-electron chi connectivity index (χ4n) is 1.73. The first-order valence-electron chi connectivity index (χ1n) is 5.88. The number of carbonyl (C=O) groups excluding carboxylic acids is 1. The van der Waals surface area contributed by atoms with Gasteiger partial charge in [-0.05, 0) is 42.3 Å². The Kier molecular flexibility index (Phi) is 4.07. The van der Waals surface area contributed by atoms with Crippen molar-refractivity contribution in [2.75, 3.05) is 6.61 Å². The van der Waals surface area contributed by atoms with Crippen molar-refractivity contribution in [3.05, 3.63) is 53.1 Å². The molecule has 0 saturated carbocycles. The van der Waals surface area contributed by atoms with Crippen LogP contribution in [0.3, 0.4) is 0 Å². The summed E-state index contributed by atoms with van der Waals surface area (Å²) in [5.41, 5.74) is 1.89. The lowest BCUT2D eigenvalue weighted by Crippen LogP contribution is -2.05. The van der Waals surface area contributed by atoms with Crippen molar-refractivity contribution in [3.63, 3.8) is 0 Å². The molecule has 3 nitrogen and oxygen atoms in total. The predicted molar refractivity (Wildman–Crippen MR) is 74.5 cm³/mol. The van der Waals surface area contributed by atoms with E-state index >= 15 is 0 Å². The lowest BCUT2D eigenvalue weighted by Gasteiger charge is -2.07. The highest BCUT2D eigenvalue weighted by atomic mass is 35.5. The maximum Gasteiger partial charge on any atom is 0.341 e. The number of ether oxygens (including phenoxy) is 1. The number of benzene rings is 2. The minimum atomic E-state index is -0.532. The molecule has 0 aromatic heterocycles. The van der Waals surface area contributed by atoms with Gasteiger partial charge in [-0.25, -0.2) is 4.79 Å². The molecule has 0 atom stereocenters. The molecule has 0 fully saturated rings. The summed E-state index contributed by atoms with van der Waals surface area (Å²) in [6.07, 6.45) is 0. The summed E-state index contributed by atoms with van der Waals surface area (Å²) in [7, 11) is 0. The summed E-state index contributed by atoms with van der Waals surface area (Å²) < 4.78 is 4.90. The minimum absolute atomic E-state index is 0.0869. The van der Waals surface area contributed by atoms with E-state index in [1.807, 2.05) is 12.1 Å². The molecule has 1 N–H and O–H groups in total. The molecule has 4 heteroatoms. The number of esters is 1. The van der Waals surface area contributed by atoms with Crippen molar-refractivity contribution in [2.45, 2.75) is 6.92 Å². The highest BCUT2D eigenvalue weighted by Crippen LogP contribution is 2.27. The molecule has 98 valence electrons. The molecule has 0 aliphatic rings. The summed E-state index contributed by atoms with van der Waals surface area (Å²) in [6.45, 7) is 1.99. The van der Waals surface area contributed by atoms with Crippen LogP contribution in [0.5, 0.6) is 5.75 Å². The molecule has 2 rings (SSSR count). The largest absolute Gasteiger partial charge is 0.507 e. The van der Waals surface area contributed by atoms with Gasteiger partial charge in [-0.15, -0.1) is 0 Å². The zero-order chi connectivity index (χ0) is 13.8. The van der Waals surface area contributed by atoms with E-state index in [4.69, 9.17) is 16.3 Å². The van der Waals surface area contributed by atoms with Gasteiger partial charge in [0.15, 0.2) is 0 Å². The molecule has 0 radical (unpaired) electrons. The smallest absolute Gasteiger partial charge is 0.341 e. The van der Waals surface area contributed by atoms with Gasteiger partial charge in [0.05, 0.1) is 6.61 Å². The van der Waals surface area contributed by atoms with Crippen LogP contribution in [0.25, 0.3) is 11.1 Å². The molecule has 0 unspecified atom stereocenters. The Labute approximate surface area is 116 Å². The summed E-state index contributed by atoms with van der Waals surface area (Å²) >= 11 is 5.83. The van der Waals surface area contributed by atoms with E-state index in [-0.39, 0.29) is 17.9 Å². The lowest BCUT2D eigenvalue weighted by molar-refractivity contribution is 0.0523. The summed E-state index contributed by atoms with van der Waals surface area (Å²) in [6, 6.07) is 12.1. The third-order valence-corrected chi connectivity index (χ3v) is 2.92. The zero-order valence-corrected chi connectivity index (χ0v) is 11.1. The molecular weight excluding hydrogens is 264 g/mol. The molecule has 0 saturated heterocycles. The van der Waals surface area contributed by atoms with Crippen LogP contribution in [0.15, 0.2) is 42.5 Å². The van der Waals surface area contributed by atoms with Crippen molar-refractivity contribution < 1.29 is 14.6 Å². The van der Waals surface area contributed by atoms with Crippen LogP contribution in [0, 0.1) is 0 Å². The highest BCUT2D eigenvalue weighted by Gasteiger charge is 2.13. The van der Waals surface area contributed by atoms with E-state index in [1.165, 1.54) is 6.07 Å². The monoisotopic (exact) mass is 276 g/mol. The van der Waals surface area contributed by atoms with Crippen molar-refractivity contribution in [1.29, 1.82) is 0 Å². The fraction of sp³-hybridized carbons (Fsp3) is 0.133. The zero-order valence-electron chi connectivity index (χ0n) is 10.4. The van der Waals surface area contributed by atoms with Crippen molar-refractivity contribution in [1.82, 2.24) is 0 Å². The Morgan fingerprint density at radius 3 is 2.42 bits per heavy atom. The summed E-state index contributed by atoms with van der Waals surface area (Å²) in [4.78, 5) is 11.7. The van der Waals surface area contributed by atoms with E-state index in [0.717, 1.165) is 11.1 Å². The minimum Gasteiger partial charge on any atom is -0.507 e. The van der Waals surface area contributed by atoms with E-state index in [1.54, 1.807) is 31.2 Å². The number of carbonyl (C=O) groups is 1. The quantitative estimate of drug-likeness (QED) is 0.865. The van der Waals surface area contributed by atoms with Gasteiger partial charge in [-0.3, -0.25) is 0 Å². The Hall–Kier alpha value is -2.00. The van der Waals surface area contributed by atoms with Crippen LogP contribution in [-0.4, -0.2) is 17.7 Å². The van der Waals surface area contributed by atoms with Crippen LogP contribution >= 0.6 is 11.6 Å². The molecule has 0 aliphatic heterocycles. The third-order valence-electron chi connectivity index (χ3n) is 2.67. The summed E-state index contributed by atoms with van der Waals surface area (Å²) in [5.74, 6) is -0.619. The SMILES string of the molecule is CCOC(=O)c1cc(-c2ccc(Cl)cc2)ccc1O. The van der Waals surface area contributed by atoms with Gasteiger partial charge in [0.25, 0.3) is 0 Å². The molecule has 0 amide bonds. The maximum absolute atomic E-state index is 11.7. The second-order valence-electron chi connectivity index (χ2n) is 3.96. The molecule has 19 heavy (non-hydrogen) atoms. The number of phenolic OH excluding ortho intramolecular Hbond substituents is 1. The number of halogens is 1. The lowest BCUT2D eigenvalue weighted by atomic mass is 10.0. The van der Waals surface area contributed by atoms with Crippen molar-refractivity contribution in [3.8, 4) is 16.9 Å². The van der Waals surface area contributed by atoms with E-state index in [9.17, 15) is 9.90 Å². The van der Waals surface area contributed by atoms with Gasteiger partial charge in [-0.1, -0.05) is 29.8 Å². The molecular formula is C15H13ClO3. The second-order valence-corrected chi connectivity index (χ2v) is 4.40. The first-order valence-corrected chi connectivity index (χ1v) is 6.25. The predicted octanol–water partition coefficient (Wildman–Crippen LogP) is 3.89. The topological polar surface area (TPSA) is 46.5 Å². The standard InChI is InChI=1S/C15H13ClO3/c1-2-19-15(18)13-9-11(5-8-14(13)17)10-3-6-12(16)7-4-10/h3-9,17H,2H2,1H3. The van der Waals surface area contributed by atoms with Gasteiger partial charge >= 0.3 is 5.97 Å². The summed E-state index contributed by atoms with van der Waals surface area (Å²) in [5, 5.41) is 10.3. The van der Waals surface area contributed by atoms with Crippen molar-refractivity contribution in [2.24, 2.45) is 0 Å². The molecule has 0 heterocycles. The number of aromatic hydroxyl groups is 1. The van der Waals surface area contributed by atoms with E-state index in [2.05, 4.69) is 0 Å². The van der Waals surface area contributed by atoms with E-state index < -0.39 is 5.97 Å². The van der Waals surface area contributed by atoms with Gasteiger partial charge in [0.2, 0.25) is 0 Å². The highest BCUT2D eigenvalue weighted by molar-refractivity contribution is 6.30. The van der Waals surface area contributed by atoms with Gasteiger partial charge in [-0.2, -0.15) is 0 Å². The van der Waals surface area contributed by atoms with Crippen LogP contribution in [0.1, 0.15) is 17.3 Å². The molecule has 0 spiro atoms. The number of hydrogen-bond acceptors (Lipinski definition) is 3. The van der Waals surface area contributed by atoms with Gasteiger partial charge < -0.3 is 9.84 Å². The number of rotatable bonds is 3. The van der Waals surface area contributed by atoms with Gasteiger partial charge in [0, 0.05) is 5.02 Å². The first-order chi connectivity index (χ1) is 9.11.